The maximum atomic E-state index is 12.5. The van der Waals surface area contributed by atoms with Crippen molar-refractivity contribution >= 4 is 17.5 Å². The molecule has 20 heavy (non-hydrogen) atoms. The summed E-state index contributed by atoms with van der Waals surface area (Å²) in [5.74, 6) is 0.0552. The molecule has 1 aromatic rings. The van der Waals surface area contributed by atoms with Crippen LogP contribution in [0.2, 0.25) is 0 Å². The molecule has 0 saturated heterocycles. The van der Waals surface area contributed by atoms with Crippen molar-refractivity contribution in [1.29, 1.82) is 0 Å². The van der Waals surface area contributed by atoms with Crippen molar-refractivity contribution < 1.29 is 4.79 Å². The summed E-state index contributed by atoms with van der Waals surface area (Å²) in [7, 11) is 0. The molecule has 110 valence electrons. The van der Waals surface area contributed by atoms with Gasteiger partial charge < -0.3 is 5.32 Å². The Kier molecular flexibility index (Phi) is 5.90. The van der Waals surface area contributed by atoms with Gasteiger partial charge in [0.1, 0.15) is 0 Å². The van der Waals surface area contributed by atoms with Crippen molar-refractivity contribution in [1.82, 2.24) is 5.32 Å². The number of carbonyl (C=O) groups excluding carboxylic acids is 1. The van der Waals surface area contributed by atoms with Gasteiger partial charge in [0.05, 0.1) is 11.3 Å². The molecule has 3 unspecified atom stereocenters. The second-order valence-electron chi connectivity index (χ2n) is 5.64. The molecular formula is C17H24ClNO. The second kappa shape index (κ2) is 7.68. The molecule has 1 aliphatic rings. The van der Waals surface area contributed by atoms with E-state index in [0.717, 1.165) is 31.2 Å². The molecule has 2 nitrogen and oxygen atoms in total. The monoisotopic (exact) mass is 293 g/mol. The summed E-state index contributed by atoms with van der Waals surface area (Å²) in [4.78, 5) is 12.5. The van der Waals surface area contributed by atoms with E-state index in [-0.39, 0.29) is 23.2 Å². The van der Waals surface area contributed by atoms with Crippen molar-refractivity contribution in [3.8, 4) is 0 Å². The highest BCUT2D eigenvalue weighted by Gasteiger charge is 2.26. The Hall–Kier alpha value is -1.02. The largest absolute Gasteiger partial charge is 0.351 e. The summed E-state index contributed by atoms with van der Waals surface area (Å²) in [6, 6.07) is 10.1. The van der Waals surface area contributed by atoms with Gasteiger partial charge in [0.25, 0.3) is 0 Å². The third kappa shape index (κ3) is 3.99. The van der Waals surface area contributed by atoms with Crippen molar-refractivity contribution in [2.24, 2.45) is 0 Å². The number of rotatable bonds is 4. The molecule has 0 aliphatic heterocycles. The van der Waals surface area contributed by atoms with Crippen LogP contribution in [0.3, 0.4) is 0 Å². The fourth-order valence-corrected chi connectivity index (χ4v) is 3.31. The maximum Gasteiger partial charge on any atom is 0.227 e. The molecular weight excluding hydrogens is 270 g/mol. The van der Waals surface area contributed by atoms with Crippen molar-refractivity contribution in [2.75, 3.05) is 0 Å². The Bertz CT molecular complexity index is 420. The fraction of sp³-hybridized carbons (Fsp3) is 0.588. The number of alkyl halides is 1. The predicted octanol–water partition coefficient (Wildman–Crippen LogP) is 4.24. The molecule has 1 amide bonds. The van der Waals surface area contributed by atoms with Crippen LogP contribution in [0.5, 0.6) is 0 Å². The van der Waals surface area contributed by atoms with Gasteiger partial charge in [-0.3, -0.25) is 4.79 Å². The van der Waals surface area contributed by atoms with E-state index in [2.05, 4.69) is 12.2 Å². The Morgan fingerprint density at radius 3 is 2.65 bits per heavy atom. The summed E-state index contributed by atoms with van der Waals surface area (Å²) < 4.78 is 0. The molecule has 0 aromatic heterocycles. The molecule has 1 aromatic carbocycles. The third-order valence-corrected chi connectivity index (χ3v) is 4.71. The average molecular weight is 294 g/mol. The standard InChI is InChI=1S/C17H24ClNO/c1-2-14(13-9-5-3-6-10-13)17(20)19-16-12-8-4-7-11-15(16)18/h3,5-6,9-10,14-16H,2,4,7-8,11-12H2,1H3,(H,19,20). The minimum Gasteiger partial charge on any atom is -0.351 e. The molecule has 3 heteroatoms. The van der Waals surface area contributed by atoms with Gasteiger partial charge in [0.15, 0.2) is 0 Å². The van der Waals surface area contributed by atoms with Crippen LogP contribution in [-0.4, -0.2) is 17.3 Å². The Morgan fingerprint density at radius 2 is 1.95 bits per heavy atom. The lowest BCUT2D eigenvalue weighted by atomic mass is 9.95. The van der Waals surface area contributed by atoms with Gasteiger partial charge in [-0.25, -0.2) is 0 Å². The van der Waals surface area contributed by atoms with Gasteiger partial charge in [-0.15, -0.1) is 11.6 Å². The van der Waals surface area contributed by atoms with Crippen LogP contribution >= 0.6 is 11.6 Å². The first-order valence-corrected chi connectivity index (χ1v) is 8.15. The first kappa shape index (κ1) is 15.4. The first-order chi connectivity index (χ1) is 9.72. The number of nitrogens with one attached hydrogen (secondary N) is 1. The van der Waals surface area contributed by atoms with Crippen molar-refractivity contribution in [3.05, 3.63) is 35.9 Å². The number of benzene rings is 1. The van der Waals surface area contributed by atoms with E-state index < -0.39 is 0 Å². The molecule has 1 fully saturated rings. The third-order valence-electron chi connectivity index (χ3n) is 4.19. The Labute approximate surface area is 126 Å². The van der Waals surface area contributed by atoms with Gasteiger partial charge in [-0.2, -0.15) is 0 Å². The molecule has 0 spiro atoms. The van der Waals surface area contributed by atoms with Crippen LogP contribution in [0.1, 0.15) is 56.9 Å². The number of hydrogen-bond donors (Lipinski definition) is 1. The van der Waals surface area contributed by atoms with Crippen LogP contribution in [-0.2, 0) is 4.79 Å². The van der Waals surface area contributed by atoms with E-state index >= 15 is 0 Å². The van der Waals surface area contributed by atoms with E-state index in [9.17, 15) is 4.79 Å². The Balaban J connectivity index is 2.02. The van der Waals surface area contributed by atoms with Crippen LogP contribution in [0.4, 0.5) is 0 Å². The second-order valence-corrected chi connectivity index (χ2v) is 6.20. The highest BCUT2D eigenvalue weighted by molar-refractivity contribution is 6.21. The van der Waals surface area contributed by atoms with Gasteiger partial charge in [-0.05, 0) is 24.8 Å². The van der Waals surface area contributed by atoms with Gasteiger partial charge >= 0.3 is 0 Å². The number of halogens is 1. The molecule has 1 N–H and O–H groups in total. The zero-order chi connectivity index (χ0) is 14.4. The smallest absolute Gasteiger partial charge is 0.227 e. The molecule has 0 heterocycles. The van der Waals surface area contributed by atoms with Gasteiger partial charge in [0, 0.05) is 6.04 Å². The normalized spacial score (nSPS) is 24.7. The molecule has 1 saturated carbocycles. The zero-order valence-electron chi connectivity index (χ0n) is 12.1. The fourth-order valence-electron chi connectivity index (χ4n) is 2.97. The topological polar surface area (TPSA) is 29.1 Å². The van der Waals surface area contributed by atoms with Crippen molar-refractivity contribution in [3.63, 3.8) is 0 Å². The first-order valence-electron chi connectivity index (χ1n) is 7.71. The number of carbonyl (C=O) groups is 1. The zero-order valence-corrected chi connectivity index (χ0v) is 12.9. The van der Waals surface area contributed by atoms with Crippen LogP contribution in [0.15, 0.2) is 30.3 Å². The average Bonchev–Trinajstić information content (AvgIpc) is 2.66. The summed E-state index contributed by atoms with van der Waals surface area (Å²) in [6.07, 6.45) is 6.40. The minimum atomic E-state index is -0.0664. The van der Waals surface area contributed by atoms with Gasteiger partial charge in [0.2, 0.25) is 5.91 Å². The van der Waals surface area contributed by atoms with Crippen molar-refractivity contribution in [2.45, 2.75) is 62.8 Å². The molecule has 0 bridgehead atoms. The van der Waals surface area contributed by atoms with Crippen LogP contribution in [0, 0.1) is 0 Å². The molecule has 0 radical (unpaired) electrons. The van der Waals surface area contributed by atoms with E-state index in [4.69, 9.17) is 11.6 Å². The lowest BCUT2D eigenvalue weighted by Gasteiger charge is -2.24. The maximum absolute atomic E-state index is 12.5. The SMILES string of the molecule is CCC(C(=O)NC1CCCCCC1Cl)c1ccccc1. The highest BCUT2D eigenvalue weighted by atomic mass is 35.5. The molecule has 1 aliphatic carbocycles. The highest BCUT2D eigenvalue weighted by Crippen LogP contribution is 2.24. The van der Waals surface area contributed by atoms with E-state index in [0.29, 0.717) is 0 Å². The number of amides is 1. The van der Waals surface area contributed by atoms with Crippen LogP contribution < -0.4 is 5.32 Å². The summed E-state index contributed by atoms with van der Waals surface area (Å²) >= 11 is 6.41. The van der Waals surface area contributed by atoms with E-state index in [1.54, 1.807) is 0 Å². The van der Waals surface area contributed by atoms with Gasteiger partial charge in [-0.1, -0.05) is 56.5 Å². The Morgan fingerprint density at radius 1 is 1.25 bits per heavy atom. The number of hydrogen-bond acceptors (Lipinski definition) is 1. The minimum absolute atomic E-state index is 0.0664. The lowest BCUT2D eigenvalue weighted by molar-refractivity contribution is -0.123. The van der Waals surface area contributed by atoms with Crippen LogP contribution in [0.25, 0.3) is 0 Å². The summed E-state index contributed by atoms with van der Waals surface area (Å²) in [5.41, 5.74) is 1.09. The molecule has 2 rings (SSSR count). The summed E-state index contributed by atoms with van der Waals surface area (Å²) in [5, 5.41) is 3.27. The molecule has 3 atom stereocenters. The lowest BCUT2D eigenvalue weighted by Crippen LogP contribution is -2.42. The van der Waals surface area contributed by atoms with E-state index in [1.165, 1.54) is 12.8 Å². The quantitative estimate of drug-likeness (QED) is 0.653. The van der Waals surface area contributed by atoms with E-state index in [1.807, 2.05) is 30.3 Å². The summed E-state index contributed by atoms with van der Waals surface area (Å²) in [6.45, 7) is 2.06. The predicted molar refractivity (Wildman–Crippen MR) is 84.1 cm³/mol.